The molecule has 0 aliphatic carbocycles. The molecule has 2 aromatic rings. The van der Waals surface area contributed by atoms with Crippen LogP contribution in [0.4, 0.5) is 5.82 Å². The molecule has 0 unspecified atom stereocenters. The molecule has 2 heterocycles. The van der Waals surface area contributed by atoms with Crippen molar-refractivity contribution in [1.82, 2.24) is 19.9 Å². The zero-order valence-corrected chi connectivity index (χ0v) is 9.68. The van der Waals surface area contributed by atoms with E-state index in [0.29, 0.717) is 18.1 Å². The molecule has 86 valence electrons. The van der Waals surface area contributed by atoms with Crippen molar-refractivity contribution in [3.05, 3.63) is 42.4 Å². The highest BCUT2D eigenvalue weighted by molar-refractivity contribution is 7.80. The first kappa shape index (κ1) is 11.3. The van der Waals surface area contributed by atoms with Crippen LogP contribution in [-0.4, -0.2) is 24.9 Å². The molecule has 7 heteroatoms. The van der Waals surface area contributed by atoms with E-state index in [-0.39, 0.29) is 4.99 Å². The first-order valence-electron chi connectivity index (χ1n) is 4.86. The molecular weight excluding hydrogens is 236 g/mol. The Kier molecular flexibility index (Phi) is 3.51. The lowest BCUT2D eigenvalue weighted by molar-refractivity contribution is 0.990. The Morgan fingerprint density at radius 1 is 1.29 bits per heavy atom. The second kappa shape index (κ2) is 5.26. The van der Waals surface area contributed by atoms with Gasteiger partial charge in [0.25, 0.3) is 0 Å². The van der Waals surface area contributed by atoms with Crippen LogP contribution >= 0.6 is 12.2 Å². The second-order valence-corrected chi connectivity index (χ2v) is 3.65. The van der Waals surface area contributed by atoms with E-state index in [0.717, 1.165) is 5.69 Å². The molecule has 0 radical (unpaired) electrons. The predicted molar refractivity (Wildman–Crippen MR) is 67.3 cm³/mol. The number of rotatable bonds is 4. The Morgan fingerprint density at radius 2 is 2.18 bits per heavy atom. The minimum atomic E-state index is 0.236. The highest BCUT2D eigenvalue weighted by Gasteiger charge is 2.00. The zero-order valence-electron chi connectivity index (χ0n) is 8.87. The summed E-state index contributed by atoms with van der Waals surface area (Å²) in [5, 5.41) is 3.08. The molecular formula is C10H10N6S. The monoisotopic (exact) mass is 246 g/mol. The maximum atomic E-state index is 5.42. The summed E-state index contributed by atoms with van der Waals surface area (Å²) in [6, 6.07) is 1.82. The molecule has 2 aromatic heterocycles. The summed E-state index contributed by atoms with van der Waals surface area (Å²) in [6.45, 7) is 0.559. The van der Waals surface area contributed by atoms with Crippen LogP contribution < -0.4 is 11.1 Å². The van der Waals surface area contributed by atoms with Crippen molar-refractivity contribution in [2.45, 2.75) is 6.54 Å². The van der Waals surface area contributed by atoms with Crippen molar-refractivity contribution in [2.24, 2.45) is 5.73 Å². The number of anilines is 1. The number of nitrogens with two attached hydrogens (primary N) is 1. The van der Waals surface area contributed by atoms with E-state index in [1.807, 2.05) is 6.07 Å². The van der Waals surface area contributed by atoms with Crippen molar-refractivity contribution in [3.8, 4) is 0 Å². The molecule has 0 amide bonds. The molecule has 0 aliphatic heterocycles. The van der Waals surface area contributed by atoms with E-state index >= 15 is 0 Å². The summed E-state index contributed by atoms with van der Waals surface area (Å²) in [7, 11) is 0. The van der Waals surface area contributed by atoms with Gasteiger partial charge in [0, 0.05) is 6.20 Å². The van der Waals surface area contributed by atoms with E-state index in [1.165, 1.54) is 12.5 Å². The number of hydrogen-bond acceptors (Lipinski definition) is 6. The van der Waals surface area contributed by atoms with Crippen LogP contribution in [0.3, 0.4) is 0 Å². The van der Waals surface area contributed by atoms with E-state index in [2.05, 4.69) is 25.3 Å². The summed E-state index contributed by atoms with van der Waals surface area (Å²) in [6.07, 6.45) is 6.30. The average Bonchev–Trinajstić information content (AvgIpc) is 2.38. The molecule has 0 aliphatic rings. The lowest BCUT2D eigenvalue weighted by Gasteiger charge is -2.04. The highest BCUT2D eigenvalue weighted by atomic mass is 32.1. The Labute approximate surface area is 103 Å². The fraction of sp³-hybridized carbons (Fsp3) is 0.100. The first-order chi connectivity index (χ1) is 8.25. The summed E-state index contributed by atoms with van der Waals surface area (Å²) >= 11 is 4.78. The third-order valence-corrected chi connectivity index (χ3v) is 2.21. The van der Waals surface area contributed by atoms with Gasteiger partial charge in [-0.05, 0) is 6.07 Å². The van der Waals surface area contributed by atoms with Gasteiger partial charge >= 0.3 is 0 Å². The fourth-order valence-electron chi connectivity index (χ4n) is 1.15. The van der Waals surface area contributed by atoms with Gasteiger partial charge in [-0.15, -0.1) is 0 Å². The van der Waals surface area contributed by atoms with E-state index in [9.17, 15) is 0 Å². The minimum absolute atomic E-state index is 0.236. The lowest BCUT2D eigenvalue weighted by Crippen LogP contribution is -2.12. The van der Waals surface area contributed by atoms with Crippen LogP contribution in [0.1, 0.15) is 11.4 Å². The molecule has 0 bridgehead atoms. The molecule has 0 atom stereocenters. The molecule has 6 nitrogen and oxygen atoms in total. The van der Waals surface area contributed by atoms with Crippen molar-refractivity contribution < 1.29 is 0 Å². The maximum Gasteiger partial charge on any atom is 0.144 e. The van der Waals surface area contributed by atoms with Crippen molar-refractivity contribution >= 4 is 23.0 Å². The van der Waals surface area contributed by atoms with Gasteiger partial charge in [-0.25, -0.2) is 19.9 Å². The summed E-state index contributed by atoms with van der Waals surface area (Å²) < 4.78 is 0. The molecule has 0 saturated carbocycles. The van der Waals surface area contributed by atoms with Gasteiger partial charge in [-0.3, -0.25) is 0 Å². The van der Waals surface area contributed by atoms with Crippen molar-refractivity contribution in [3.63, 3.8) is 0 Å². The topological polar surface area (TPSA) is 89.6 Å². The highest BCUT2D eigenvalue weighted by Crippen LogP contribution is 2.03. The Balaban J connectivity index is 1.98. The summed E-state index contributed by atoms with van der Waals surface area (Å²) in [5.74, 6) is 0.642. The van der Waals surface area contributed by atoms with Gasteiger partial charge in [0.2, 0.25) is 0 Å². The average molecular weight is 246 g/mol. The van der Waals surface area contributed by atoms with Crippen LogP contribution in [0.5, 0.6) is 0 Å². The molecule has 2 rings (SSSR count). The predicted octanol–water partition coefficient (Wildman–Crippen LogP) is 0.513. The third kappa shape index (κ3) is 3.15. The molecule has 0 aromatic carbocycles. The third-order valence-electron chi connectivity index (χ3n) is 2.00. The quantitative estimate of drug-likeness (QED) is 0.760. The molecule has 0 saturated heterocycles. The van der Waals surface area contributed by atoms with Gasteiger partial charge < -0.3 is 11.1 Å². The zero-order chi connectivity index (χ0) is 12.1. The number of nitrogens with zero attached hydrogens (tertiary/aromatic N) is 4. The van der Waals surface area contributed by atoms with Crippen LogP contribution in [0.2, 0.25) is 0 Å². The minimum Gasteiger partial charge on any atom is -0.388 e. The van der Waals surface area contributed by atoms with Crippen molar-refractivity contribution in [2.75, 3.05) is 5.32 Å². The van der Waals surface area contributed by atoms with Gasteiger partial charge in [0.1, 0.15) is 22.8 Å². The summed E-state index contributed by atoms with van der Waals surface area (Å²) in [4.78, 5) is 16.3. The van der Waals surface area contributed by atoms with E-state index < -0.39 is 0 Å². The van der Waals surface area contributed by atoms with Crippen LogP contribution in [0.15, 0.2) is 31.0 Å². The molecule has 17 heavy (non-hydrogen) atoms. The van der Waals surface area contributed by atoms with Gasteiger partial charge in [0.15, 0.2) is 0 Å². The number of thiocarbonyl (C=S) groups is 1. The standard InChI is InChI=1S/C10H10N6S/c11-10(17)8-4-15-9(5-13-8)14-3-7-1-2-12-6-16-7/h1-2,4-6H,3H2,(H2,11,17)(H,14,15). The Morgan fingerprint density at radius 3 is 2.76 bits per heavy atom. The van der Waals surface area contributed by atoms with Crippen LogP contribution in [0, 0.1) is 0 Å². The fourth-order valence-corrected chi connectivity index (χ4v) is 1.26. The second-order valence-electron chi connectivity index (χ2n) is 3.21. The lowest BCUT2D eigenvalue weighted by atomic mass is 10.4. The maximum absolute atomic E-state index is 5.42. The normalized spacial score (nSPS) is 9.88. The Hall–Kier alpha value is -2.15. The largest absolute Gasteiger partial charge is 0.388 e. The van der Waals surface area contributed by atoms with Gasteiger partial charge in [-0.2, -0.15) is 0 Å². The smallest absolute Gasteiger partial charge is 0.144 e. The van der Waals surface area contributed by atoms with Crippen LogP contribution in [-0.2, 0) is 6.54 Å². The summed E-state index contributed by atoms with van der Waals surface area (Å²) in [5.41, 5.74) is 6.80. The molecule has 0 fully saturated rings. The number of aromatic nitrogens is 4. The van der Waals surface area contributed by atoms with Gasteiger partial charge in [0.05, 0.1) is 24.6 Å². The first-order valence-corrected chi connectivity index (χ1v) is 5.27. The number of nitrogens with one attached hydrogen (secondary N) is 1. The van der Waals surface area contributed by atoms with Gasteiger partial charge in [-0.1, -0.05) is 12.2 Å². The van der Waals surface area contributed by atoms with E-state index in [4.69, 9.17) is 18.0 Å². The molecule has 3 N–H and O–H groups in total. The van der Waals surface area contributed by atoms with E-state index in [1.54, 1.807) is 12.4 Å². The number of hydrogen-bond donors (Lipinski definition) is 2. The molecule has 0 spiro atoms. The van der Waals surface area contributed by atoms with Crippen molar-refractivity contribution in [1.29, 1.82) is 0 Å². The Bertz CT molecular complexity index is 498. The van der Waals surface area contributed by atoms with Crippen LogP contribution in [0.25, 0.3) is 0 Å². The SMILES string of the molecule is NC(=S)c1cnc(NCc2ccncn2)cn1.